The molecule has 1 N–H and O–H groups in total. The Bertz CT molecular complexity index is 840. The van der Waals surface area contributed by atoms with Crippen LogP contribution in [0.2, 0.25) is 5.02 Å². The van der Waals surface area contributed by atoms with Crippen LogP contribution in [0, 0.1) is 6.92 Å². The van der Waals surface area contributed by atoms with E-state index >= 15 is 0 Å². The molecule has 0 aliphatic carbocycles. The number of carbonyl (C=O) groups excluding carboxylic acids is 2. The van der Waals surface area contributed by atoms with E-state index in [9.17, 15) is 9.59 Å². The van der Waals surface area contributed by atoms with Crippen LogP contribution in [0.5, 0.6) is 0 Å². The fourth-order valence-electron chi connectivity index (χ4n) is 3.17. The van der Waals surface area contributed by atoms with Gasteiger partial charge in [0.15, 0.2) is 0 Å². The quantitative estimate of drug-likeness (QED) is 0.474. The molecule has 2 amide bonds. The van der Waals surface area contributed by atoms with E-state index in [0.717, 1.165) is 17.7 Å². The highest BCUT2D eigenvalue weighted by atomic mass is 35.5. The third-order valence-electron chi connectivity index (χ3n) is 5.27. The number of nitrogens with zero attached hydrogens (tertiary/aromatic N) is 1. The first-order valence-corrected chi connectivity index (χ1v) is 12.3. The Morgan fingerprint density at radius 3 is 2.19 bits per heavy atom. The van der Waals surface area contributed by atoms with E-state index in [1.807, 2.05) is 45.0 Å². The topological polar surface area (TPSA) is 49.4 Å². The number of amides is 2. The van der Waals surface area contributed by atoms with Crippen molar-refractivity contribution in [2.75, 3.05) is 5.75 Å². The molecule has 0 aromatic heterocycles. The van der Waals surface area contributed by atoms with E-state index in [1.165, 1.54) is 11.1 Å². The van der Waals surface area contributed by atoms with Crippen molar-refractivity contribution in [1.29, 1.82) is 0 Å². The molecule has 0 heterocycles. The van der Waals surface area contributed by atoms with Gasteiger partial charge in [-0.1, -0.05) is 67.4 Å². The molecule has 0 saturated heterocycles. The summed E-state index contributed by atoms with van der Waals surface area (Å²) in [5.41, 5.74) is 3.36. The van der Waals surface area contributed by atoms with Crippen LogP contribution < -0.4 is 5.32 Å². The van der Waals surface area contributed by atoms with Crippen LogP contribution in [0.25, 0.3) is 0 Å². The van der Waals surface area contributed by atoms with E-state index in [-0.39, 0.29) is 17.9 Å². The summed E-state index contributed by atoms with van der Waals surface area (Å²) in [6.07, 6.45) is 1.41. The number of nitrogens with one attached hydrogen (secondary N) is 1. The lowest BCUT2D eigenvalue weighted by molar-refractivity contribution is -0.139. The van der Waals surface area contributed by atoms with Gasteiger partial charge in [-0.2, -0.15) is 0 Å². The van der Waals surface area contributed by atoms with Crippen LogP contribution in [0.1, 0.15) is 50.3 Å². The summed E-state index contributed by atoms with van der Waals surface area (Å²) in [6, 6.07) is 15.3. The van der Waals surface area contributed by atoms with E-state index in [0.29, 0.717) is 23.7 Å². The highest BCUT2D eigenvalue weighted by Crippen LogP contribution is 2.19. The lowest BCUT2D eigenvalue weighted by atomic mass is 10.1. The van der Waals surface area contributed by atoms with Gasteiger partial charge in [-0.25, -0.2) is 0 Å². The van der Waals surface area contributed by atoms with Gasteiger partial charge in [0.1, 0.15) is 6.04 Å². The number of benzene rings is 2. The minimum Gasteiger partial charge on any atom is -0.352 e. The van der Waals surface area contributed by atoms with Crippen molar-refractivity contribution in [1.82, 2.24) is 10.2 Å². The van der Waals surface area contributed by atoms with Gasteiger partial charge in [0.05, 0.1) is 5.75 Å². The first-order chi connectivity index (χ1) is 14.8. The average Bonchev–Trinajstić information content (AvgIpc) is 2.76. The van der Waals surface area contributed by atoms with Crippen LogP contribution in [0.3, 0.4) is 0 Å². The molecule has 0 saturated carbocycles. The number of aryl methyl sites for hydroxylation is 1. The van der Waals surface area contributed by atoms with Gasteiger partial charge in [-0.05, 0) is 49.9 Å². The highest BCUT2D eigenvalue weighted by molar-refractivity contribution is 7.99. The Morgan fingerprint density at radius 1 is 1.00 bits per heavy atom. The molecule has 2 aromatic rings. The fourth-order valence-corrected chi connectivity index (χ4v) is 4.17. The van der Waals surface area contributed by atoms with Crippen LogP contribution in [-0.2, 0) is 21.9 Å². The molecule has 0 aliphatic rings. The summed E-state index contributed by atoms with van der Waals surface area (Å²) in [6.45, 7) is 8.40. The molecule has 4 nitrogen and oxygen atoms in total. The summed E-state index contributed by atoms with van der Waals surface area (Å²) in [5.74, 6) is 0.964. The lowest BCUT2D eigenvalue weighted by Crippen LogP contribution is -2.51. The van der Waals surface area contributed by atoms with Gasteiger partial charge < -0.3 is 10.2 Å². The second-order valence-corrected chi connectivity index (χ2v) is 9.29. The van der Waals surface area contributed by atoms with Crippen LogP contribution >= 0.6 is 23.4 Å². The number of hydrogen-bond acceptors (Lipinski definition) is 3. The zero-order valence-corrected chi connectivity index (χ0v) is 20.4. The first kappa shape index (κ1) is 25.3. The third-order valence-corrected chi connectivity index (χ3v) is 6.51. The third kappa shape index (κ3) is 8.23. The Kier molecular flexibility index (Phi) is 10.4. The zero-order valence-electron chi connectivity index (χ0n) is 18.9. The SMILES string of the molecule is CC[C@H](C)NC(=O)[C@H](CC)N(Cc1ccc(Cl)cc1)C(=O)CSCc1ccc(C)cc1. The summed E-state index contributed by atoms with van der Waals surface area (Å²) in [5, 5.41) is 3.69. The summed E-state index contributed by atoms with van der Waals surface area (Å²) < 4.78 is 0. The van der Waals surface area contributed by atoms with Crippen LogP contribution in [-0.4, -0.2) is 34.6 Å². The molecule has 6 heteroatoms. The molecule has 2 atom stereocenters. The lowest BCUT2D eigenvalue weighted by Gasteiger charge is -2.31. The summed E-state index contributed by atoms with van der Waals surface area (Å²) >= 11 is 7.59. The van der Waals surface area contributed by atoms with Crippen molar-refractivity contribution in [3.05, 3.63) is 70.2 Å². The van der Waals surface area contributed by atoms with Crippen molar-refractivity contribution in [2.24, 2.45) is 0 Å². The van der Waals surface area contributed by atoms with Gasteiger partial charge in [-0.3, -0.25) is 9.59 Å². The van der Waals surface area contributed by atoms with Crippen LogP contribution in [0.4, 0.5) is 0 Å². The second kappa shape index (κ2) is 12.8. The van der Waals surface area contributed by atoms with Crippen LogP contribution in [0.15, 0.2) is 48.5 Å². The molecule has 0 fully saturated rings. The molecule has 168 valence electrons. The van der Waals surface area contributed by atoms with Crippen molar-refractivity contribution >= 4 is 35.2 Å². The molecule has 31 heavy (non-hydrogen) atoms. The Hall–Kier alpha value is -1.98. The van der Waals surface area contributed by atoms with Crippen molar-refractivity contribution in [2.45, 2.75) is 64.9 Å². The molecule has 0 spiro atoms. The molecule has 2 aromatic carbocycles. The minimum absolute atomic E-state index is 0.0294. The molecule has 0 radical (unpaired) electrons. The predicted molar refractivity (Wildman–Crippen MR) is 131 cm³/mol. The van der Waals surface area contributed by atoms with Gasteiger partial charge in [-0.15, -0.1) is 11.8 Å². The molecule has 0 unspecified atom stereocenters. The second-order valence-electron chi connectivity index (χ2n) is 7.87. The number of hydrogen-bond donors (Lipinski definition) is 1. The Morgan fingerprint density at radius 2 is 1.61 bits per heavy atom. The molecular weight excluding hydrogens is 428 g/mol. The van der Waals surface area contributed by atoms with Gasteiger partial charge >= 0.3 is 0 Å². The number of carbonyl (C=O) groups is 2. The van der Waals surface area contributed by atoms with Gasteiger partial charge in [0.25, 0.3) is 0 Å². The normalized spacial score (nSPS) is 12.8. The Labute approximate surface area is 195 Å². The van der Waals surface area contributed by atoms with Gasteiger partial charge in [0, 0.05) is 23.4 Å². The molecule has 2 rings (SSSR count). The van der Waals surface area contributed by atoms with E-state index < -0.39 is 6.04 Å². The average molecular weight is 461 g/mol. The van der Waals surface area contributed by atoms with E-state index in [2.05, 4.69) is 36.5 Å². The highest BCUT2D eigenvalue weighted by Gasteiger charge is 2.29. The smallest absolute Gasteiger partial charge is 0.243 e. The largest absolute Gasteiger partial charge is 0.352 e. The fraction of sp³-hybridized carbons (Fsp3) is 0.440. The van der Waals surface area contributed by atoms with Crippen molar-refractivity contribution in [3.63, 3.8) is 0 Å². The molecule has 0 aliphatic heterocycles. The maximum Gasteiger partial charge on any atom is 0.243 e. The maximum atomic E-state index is 13.2. The predicted octanol–water partition coefficient (Wildman–Crippen LogP) is 5.60. The number of rotatable bonds is 11. The number of thioether (sulfide) groups is 1. The van der Waals surface area contributed by atoms with Gasteiger partial charge in [0.2, 0.25) is 11.8 Å². The summed E-state index contributed by atoms with van der Waals surface area (Å²) in [4.78, 5) is 27.9. The van der Waals surface area contributed by atoms with Crippen molar-refractivity contribution < 1.29 is 9.59 Å². The summed E-state index contributed by atoms with van der Waals surface area (Å²) in [7, 11) is 0. The van der Waals surface area contributed by atoms with Crippen molar-refractivity contribution in [3.8, 4) is 0 Å². The standard InChI is InChI=1S/C25H33ClN2O2S/c1-5-19(4)27-25(30)23(6-2)28(15-20-11-13-22(26)14-12-20)24(29)17-31-16-21-9-7-18(3)8-10-21/h7-14,19,23H,5-6,15-17H2,1-4H3,(H,27,30)/t19-,23-/m0/s1. The maximum absolute atomic E-state index is 13.2. The minimum atomic E-state index is -0.503. The first-order valence-electron chi connectivity index (χ1n) is 10.8. The Balaban J connectivity index is 2.12. The molecule has 0 bridgehead atoms. The number of halogens is 1. The van der Waals surface area contributed by atoms with E-state index in [4.69, 9.17) is 11.6 Å². The molecular formula is C25H33ClN2O2S. The zero-order chi connectivity index (χ0) is 22.8. The van der Waals surface area contributed by atoms with E-state index in [1.54, 1.807) is 16.7 Å². The monoisotopic (exact) mass is 460 g/mol.